The third-order valence-corrected chi connectivity index (χ3v) is 4.40. The fraction of sp³-hybridized carbons (Fsp3) is 0.353. The first-order valence-corrected chi connectivity index (χ1v) is 8.31. The number of benzene rings is 1. The standard InChI is InChI=1S/C17H19ClN4O2/c1-3-14-15(10-21(2)20-14)19-17(24)12-9-11(6-7-13(12)18)22-8-4-5-16(22)23/h6-7,9-10H,3-5,8H2,1-2H3,(H,19,24). The van der Waals surface area contributed by atoms with E-state index in [-0.39, 0.29) is 11.8 Å². The van der Waals surface area contributed by atoms with Gasteiger partial charge in [0.2, 0.25) is 5.91 Å². The van der Waals surface area contributed by atoms with Crippen molar-refractivity contribution in [1.82, 2.24) is 9.78 Å². The zero-order chi connectivity index (χ0) is 17.3. The van der Waals surface area contributed by atoms with Crippen LogP contribution in [0.5, 0.6) is 0 Å². The Kier molecular flexibility index (Phi) is 4.57. The average Bonchev–Trinajstić information content (AvgIpc) is 3.13. The molecule has 7 heteroatoms. The zero-order valence-corrected chi connectivity index (χ0v) is 14.4. The normalized spacial score (nSPS) is 14.3. The van der Waals surface area contributed by atoms with Crippen molar-refractivity contribution in [3.05, 3.63) is 40.7 Å². The number of carbonyl (C=O) groups is 2. The summed E-state index contributed by atoms with van der Waals surface area (Å²) in [5.74, 6) is -0.236. The summed E-state index contributed by atoms with van der Waals surface area (Å²) in [6.07, 6.45) is 3.85. The molecule has 1 saturated heterocycles. The molecular formula is C17H19ClN4O2. The lowest BCUT2D eigenvalue weighted by molar-refractivity contribution is -0.117. The second-order valence-electron chi connectivity index (χ2n) is 5.78. The molecule has 126 valence electrons. The van der Waals surface area contributed by atoms with Gasteiger partial charge in [0.05, 0.1) is 22.0 Å². The summed E-state index contributed by atoms with van der Waals surface area (Å²) in [6.45, 7) is 2.65. The van der Waals surface area contributed by atoms with Crippen molar-refractivity contribution >= 4 is 34.8 Å². The molecule has 0 atom stereocenters. The van der Waals surface area contributed by atoms with Gasteiger partial charge >= 0.3 is 0 Å². The number of anilines is 2. The van der Waals surface area contributed by atoms with Gasteiger partial charge in [0.15, 0.2) is 0 Å². The van der Waals surface area contributed by atoms with E-state index < -0.39 is 0 Å². The molecule has 1 aliphatic rings. The van der Waals surface area contributed by atoms with E-state index in [1.807, 2.05) is 6.92 Å². The quantitative estimate of drug-likeness (QED) is 0.925. The summed E-state index contributed by atoms with van der Waals surface area (Å²) in [6, 6.07) is 5.09. The van der Waals surface area contributed by atoms with E-state index in [4.69, 9.17) is 11.6 Å². The number of halogens is 1. The largest absolute Gasteiger partial charge is 0.319 e. The molecule has 2 amide bonds. The van der Waals surface area contributed by atoms with E-state index in [9.17, 15) is 9.59 Å². The van der Waals surface area contributed by atoms with Gasteiger partial charge in [-0.15, -0.1) is 0 Å². The van der Waals surface area contributed by atoms with Gasteiger partial charge in [-0.1, -0.05) is 18.5 Å². The smallest absolute Gasteiger partial charge is 0.257 e. The molecule has 1 aliphatic heterocycles. The Morgan fingerprint density at radius 1 is 1.42 bits per heavy atom. The monoisotopic (exact) mass is 346 g/mol. The molecule has 0 radical (unpaired) electrons. The molecule has 2 heterocycles. The minimum absolute atomic E-state index is 0.0733. The van der Waals surface area contributed by atoms with Crippen LogP contribution in [-0.2, 0) is 18.3 Å². The van der Waals surface area contributed by atoms with Gasteiger partial charge in [-0.25, -0.2) is 0 Å². The number of nitrogens with zero attached hydrogens (tertiary/aromatic N) is 3. The number of aromatic nitrogens is 2. The van der Waals surface area contributed by atoms with Gasteiger partial charge in [-0.3, -0.25) is 14.3 Å². The van der Waals surface area contributed by atoms with E-state index in [0.29, 0.717) is 41.3 Å². The minimum Gasteiger partial charge on any atom is -0.319 e. The summed E-state index contributed by atoms with van der Waals surface area (Å²) in [4.78, 5) is 26.2. The molecule has 6 nitrogen and oxygen atoms in total. The lowest BCUT2D eigenvalue weighted by Crippen LogP contribution is -2.24. The number of hydrogen-bond donors (Lipinski definition) is 1. The van der Waals surface area contributed by atoms with E-state index in [0.717, 1.165) is 12.1 Å². The molecule has 1 aromatic carbocycles. The first-order valence-electron chi connectivity index (χ1n) is 7.93. The third-order valence-electron chi connectivity index (χ3n) is 4.07. The van der Waals surface area contributed by atoms with Crippen LogP contribution in [0.25, 0.3) is 0 Å². The Morgan fingerprint density at radius 2 is 2.21 bits per heavy atom. The Hall–Kier alpha value is -2.34. The number of nitrogens with one attached hydrogen (secondary N) is 1. The Balaban J connectivity index is 1.87. The predicted molar refractivity (Wildman–Crippen MR) is 93.6 cm³/mol. The van der Waals surface area contributed by atoms with Crippen molar-refractivity contribution in [2.45, 2.75) is 26.2 Å². The lowest BCUT2D eigenvalue weighted by atomic mass is 10.1. The van der Waals surface area contributed by atoms with E-state index in [2.05, 4.69) is 10.4 Å². The van der Waals surface area contributed by atoms with Crippen LogP contribution < -0.4 is 10.2 Å². The molecule has 3 rings (SSSR count). The third kappa shape index (κ3) is 3.14. The highest BCUT2D eigenvalue weighted by atomic mass is 35.5. The Bertz CT molecular complexity index is 800. The van der Waals surface area contributed by atoms with Crippen LogP contribution >= 0.6 is 11.6 Å². The van der Waals surface area contributed by atoms with Crippen molar-refractivity contribution in [1.29, 1.82) is 0 Å². The van der Waals surface area contributed by atoms with Crippen molar-refractivity contribution in [2.24, 2.45) is 7.05 Å². The lowest BCUT2D eigenvalue weighted by Gasteiger charge is -2.17. The van der Waals surface area contributed by atoms with Crippen LogP contribution in [0, 0.1) is 0 Å². The van der Waals surface area contributed by atoms with Crippen LogP contribution in [0.2, 0.25) is 5.02 Å². The molecule has 0 spiro atoms. The number of rotatable bonds is 4. The second kappa shape index (κ2) is 6.65. The Labute approximate surface area is 145 Å². The molecule has 1 fully saturated rings. The minimum atomic E-state index is -0.309. The predicted octanol–water partition coefficient (Wildman–Crippen LogP) is 3.02. The van der Waals surface area contributed by atoms with Crippen molar-refractivity contribution in [3.8, 4) is 0 Å². The summed E-state index contributed by atoms with van der Waals surface area (Å²) < 4.78 is 1.66. The maximum Gasteiger partial charge on any atom is 0.257 e. The molecule has 1 N–H and O–H groups in total. The molecule has 1 aromatic heterocycles. The number of hydrogen-bond acceptors (Lipinski definition) is 3. The summed E-state index contributed by atoms with van der Waals surface area (Å²) in [5.41, 5.74) is 2.53. The topological polar surface area (TPSA) is 67.2 Å². The van der Waals surface area contributed by atoms with E-state index in [1.54, 1.807) is 41.0 Å². The molecule has 0 saturated carbocycles. The Morgan fingerprint density at radius 3 is 2.88 bits per heavy atom. The maximum absolute atomic E-state index is 12.6. The average molecular weight is 347 g/mol. The van der Waals surface area contributed by atoms with Gasteiger partial charge in [0.1, 0.15) is 0 Å². The molecule has 0 bridgehead atoms. The van der Waals surface area contributed by atoms with Gasteiger partial charge in [-0.2, -0.15) is 5.10 Å². The van der Waals surface area contributed by atoms with Crippen LogP contribution in [0.4, 0.5) is 11.4 Å². The van der Waals surface area contributed by atoms with Gasteiger partial charge in [-0.05, 0) is 31.0 Å². The maximum atomic E-state index is 12.6. The highest BCUT2D eigenvalue weighted by Crippen LogP contribution is 2.27. The molecule has 2 aromatic rings. The summed E-state index contributed by atoms with van der Waals surface area (Å²) >= 11 is 6.19. The van der Waals surface area contributed by atoms with Crippen LogP contribution in [0.15, 0.2) is 24.4 Å². The fourth-order valence-corrected chi connectivity index (χ4v) is 3.07. The summed E-state index contributed by atoms with van der Waals surface area (Å²) in [7, 11) is 1.81. The highest BCUT2D eigenvalue weighted by molar-refractivity contribution is 6.34. The van der Waals surface area contributed by atoms with Crippen molar-refractivity contribution in [2.75, 3.05) is 16.8 Å². The van der Waals surface area contributed by atoms with Crippen molar-refractivity contribution in [3.63, 3.8) is 0 Å². The zero-order valence-electron chi connectivity index (χ0n) is 13.7. The van der Waals surface area contributed by atoms with E-state index in [1.165, 1.54) is 0 Å². The van der Waals surface area contributed by atoms with E-state index >= 15 is 0 Å². The first kappa shape index (κ1) is 16.5. The van der Waals surface area contributed by atoms with Crippen molar-refractivity contribution < 1.29 is 9.59 Å². The second-order valence-corrected chi connectivity index (χ2v) is 6.19. The van der Waals surface area contributed by atoms with Gasteiger partial charge < -0.3 is 10.2 Å². The number of aryl methyl sites for hydroxylation is 2. The molecular weight excluding hydrogens is 328 g/mol. The molecule has 0 aliphatic carbocycles. The number of carbonyl (C=O) groups excluding carboxylic acids is 2. The molecule has 24 heavy (non-hydrogen) atoms. The fourth-order valence-electron chi connectivity index (χ4n) is 2.87. The van der Waals surface area contributed by atoms with Gasteiger partial charge in [0.25, 0.3) is 5.91 Å². The van der Waals surface area contributed by atoms with Crippen LogP contribution in [0.3, 0.4) is 0 Å². The number of amides is 2. The summed E-state index contributed by atoms with van der Waals surface area (Å²) in [5, 5.41) is 7.51. The van der Waals surface area contributed by atoms with Crippen LogP contribution in [0.1, 0.15) is 35.8 Å². The first-order chi connectivity index (χ1) is 11.5. The highest BCUT2D eigenvalue weighted by Gasteiger charge is 2.23. The SMILES string of the molecule is CCc1nn(C)cc1NC(=O)c1cc(N2CCCC2=O)ccc1Cl. The van der Waals surface area contributed by atoms with Gasteiger partial charge in [0, 0.05) is 31.9 Å². The molecule has 0 unspecified atom stereocenters. The van der Waals surface area contributed by atoms with Crippen LogP contribution in [-0.4, -0.2) is 28.1 Å².